The molecule has 5 nitrogen and oxygen atoms in total. The largest absolute Gasteiger partial charge is 0.372 e. The summed E-state index contributed by atoms with van der Waals surface area (Å²) in [6.07, 6.45) is 3.57. The highest BCUT2D eigenvalue weighted by atomic mass is 32.2. The molecule has 0 spiro atoms. The van der Waals surface area contributed by atoms with Crippen LogP contribution >= 0.6 is 0 Å². The molecule has 3 aliphatic rings. The fourth-order valence-electron chi connectivity index (χ4n) is 4.03. The first-order valence-electron chi connectivity index (χ1n) is 10.2. The van der Waals surface area contributed by atoms with Gasteiger partial charge in [-0.3, -0.25) is 0 Å². The van der Waals surface area contributed by atoms with Crippen LogP contribution in [0.3, 0.4) is 0 Å². The number of benzene rings is 1. The Balaban J connectivity index is 1.59. The van der Waals surface area contributed by atoms with Crippen molar-refractivity contribution in [3.8, 4) is 11.8 Å². The van der Waals surface area contributed by atoms with E-state index in [0.717, 1.165) is 18.4 Å². The van der Waals surface area contributed by atoms with E-state index in [9.17, 15) is 12.8 Å². The summed E-state index contributed by atoms with van der Waals surface area (Å²) < 4.78 is 60.9. The minimum atomic E-state index is -3.43. The lowest BCUT2D eigenvalue weighted by molar-refractivity contribution is -0.0422. The van der Waals surface area contributed by atoms with Crippen LogP contribution < -0.4 is 4.72 Å². The zero-order valence-electron chi connectivity index (χ0n) is 17.0. The lowest BCUT2D eigenvalue weighted by Crippen LogP contribution is -2.48. The smallest absolute Gasteiger partial charge is 0.209 e. The van der Waals surface area contributed by atoms with Gasteiger partial charge in [-0.2, -0.15) is 0 Å². The van der Waals surface area contributed by atoms with E-state index in [1.54, 1.807) is 12.1 Å². The zero-order chi connectivity index (χ0) is 21.5. The van der Waals surface area contributed by atoms with E-state index >= 15 is 4.39 Å². The van der Waals surface area contributed by atoms with Crippen LogP contribution in [-0.4, -0.2) is 56.6 Å². The van der Waals surface area contributed by atoms with E-state index < -0.39 is 21.5 Å². The topological polar surface area (TPSA) is 58.6 Å². The van der Waals surface area contributed by atoms with Crippen molar-refractivity contribution in [1.82, 2.24) is 9.62 Å². The quantitative estimate of drug-likeness (QED) is 0.697. The Morgan fingerprint density at radius 3 is 2.73 bits per heavy atom. The van der Waals surface area contributed by atoms with E-state index in [4.69, 9.17) is 4.74 Å². The number of nitrogens with zero attached hydrogens (tertiary/aromatic N) is 1. The van der Waals surface area contributed by atoms with Gasteiger partial charge >= 0.3 is 0 Å². The van der Waals surface area contributed by atoms with Crippen molar-refractivity contribution in [3.63, 3.8) is 0 Å². The van der Waals surface area contributed by atoms with Gasteiger partial charge in [-0.1, -0.05) is 30.6 Å². The Labute approximate surface area is 176 Å². The SMILES string of the molecule is C=C([C@H]1CCO1)N1CCC(NS(C)(=O)=O)C1Cc1cccc(C#CC2(F)CC2)c1F. The normalized spacial score (nSPS) is 27.2. The molecule has 2 heterocycles. The Hall–Kier alpha value is -1.95. The molecule has 1 N–H and O–H groups in total. The van der Waals surface area contributed by atoms with Crippen LogP contribution in [-0.2, 0) is 21.2 Å². The highest BCUT2D eigenvalue weighted by molar-refractivity contribution is 7.88. The van der Waals surface area contributed by atoms with Gasteiger partial charge in [0.15, 0.2) is 5.67 Å². The molecule has 2 unspecified atom stereocenters. The molecule has 0 amide bonds. The van der Waals surface area contributed by atoms with Gasteiger partial charge in [-0.05, 0) is 37.3 Å². The number of hydrogen-bond acceptors (Lipinski definition) is 4. The molecular weight excluding hydrogens is 410 g/mol. The van der Waals surface area contributed by atoms with Crippen molar-refractivity contribution in [2.75, 3.05) is 19.4 Å². The van der Waals surface area contributed by atoms with Crippen LogP contribution in [0.2, 0.25) is 0 Å². The lowest BCUT2D eigenvalue weighted by Gasteiger charge is -2.38. The Bertz CT molecular complexity index is 1010. The first kappa shape index (κ1) is 21.3. The molecule has 2 aliphatic heterocycles. The number of sulfonamides is 1. The van der Waals surface area contributed by atoms with E-state index in [1.807, 2.05) is 4.90 Å². The molecule has 0 radical (unpaired) electrons. The lowest BCUT2D eigenvalue weighted by atomic mass is 9.97. The number of ether oxygens (including phenoxy) is 1. The minimum Gasteiger partial charge on any atom is -0.372 e. The second-order valence-corrected chi connectivity index (χ2v) is 10.2. The van der Waals surface area contributed by atoms with Crippen molar-refractivity contribution in [3.05, 3.63) is 47.4 Å². The molecule has 0 bridgehead atoms. The molecule has 3 atom stereocenters. The summed E-state index contributed by atoms with van der Waals surface area (Å²) in [7, 11) is -3.43. The molecule has 8 heteroatoms. The number of halogens is 2. The molecule has 0 aromatic heterocycles. The summed E-state index contributed by atoms with van der Waals surface area (Å²) in [5.41, 5.74) is -0.0938. The zero-order valence-corrected chi connectivity index (χ0v) is 17.8. The average molecular weight is 437 g/mol. The minimum absolute atomic E-state index is 0.0779. The molecule has 4 rings (SSSR count). The van der Waals surface area contributed by atoms with Crippen molar-refractivity contribution in [1.29, 1.82) is 0 Å². The van der Waals surface area contributed by atoms with Crippen LogP contribution in [0.15, 0.2) is 30.5 Å². The summed E-state index contributed by atoms with van der Waals surface area (Å²) in [5.74, 6) is 4.67. The van der Waals surface area contributed by atoms with Gasteiger partial charge in [0.05, 0.1) is 24.5 Å². The maximum absolute atomic E-state index is 15.1. The third kappa shape index (κ3) is 4.69. The number of likely N-dealkylation sites (tertiary alicyclic amines) is 1. The van der Waals surface area contributed by atoms with Crippen molar-refractivity contribution >= 4 is 10.0 Å². The van der Waals surface area contributed by atoms with Gasteiger partial charge < -0.3 is 9.64 Å². The van der Waals surface area contributed by atoms with Gasteiger partial charge in [0.1, 0.15) is 5.82 Å². The highest BCUT2D eigenvalue weighted by Crippen LogP contribution is 2.39. The van der Waals surface area contributed by atoms with E-state index in [0.29, 0.717) is 38.0 Å². The fraction of sp³-hybridized carbons (Fsp3) is 0.545. The third-order valence-corrected chi connectivity index (χ3v) is 6.70. The standard InChI is InChI=1S/C22H26F2N2O3S/c1-15(20-8-13-29-20)26-12-7-18(25-30(2,27)28)19(26)14-17-5-3-4-16(21(17)23)6-9-22(24)10-11-22/h3-5,18-20,25H,1,7-8,10-14H2,2H3/t18?,19?,20-/m1/s1. The van der Waals surface area contributed by atoms with Crippen LogP contribution in [0.5, 0.6) is 0 Å². The monoisotopic (exact) mass is 436 g/mol. The molecule has 2 saturated heterocycles. The van der Waals surface area contributed by atoms with Crippen LogP contribution in [0.4, 0.5) is 8.78 Å². The van der Waals surface area contributed by atoms with Gasteiger partial charge in [-0.15, -0.1) is 0 Å². The molecule has 1 saturated carbocycles. The summed E-state index contributed by atoms with van der Waals surface area (Å²) in [6, 6.07) is 4.23. The summed E-state index contributed by atoms with van der Waals surface area (Å²) >= 11 is 0. The Morgan fingerprint density at radius 1 is 1.40 bits per heavy atom. The molecule has 162 valence electrons. The fourth-order valence-corrected chi connectivity index (χ4v) is 4.86. The van der Waals surface area contributed by atoms with Crippen molar-refractivity contribution in [2.45, 2.75) is 56.0 Å². The van der Waals surface area contributed by atoms with Crippen LogP contribution in [0.1, 0.15) is 36.8 Å². The third-order valence-electron chi connectivity index (χ3n) is 5.97. The van der Waals surface area contributed by atoms with Gasteiger partial charge in [0.2, 0.25) is 10.0 Å². The molecule has 1 aromatic carbocycles. The number of rotatable bonds is 6. The Kier molecular flexibility index (Phi) is 5.64. The maximum Gasteiger partial charge on any atom is 0.209 e. The predicted octanol–water partition coefficient (Wildman–Crippen LogP) is 2.52. The number of hydrogen-bond donors (Lipinski definition) is 1. The maximum atomic E-state index is 15.1. The summed E-state index contributed by atoms with van der Waals surface area (Å²) in [4.78, 5) is 2.03. The summed E-state index contributed by atoms with van der Waals surface area (Å²) in [5, 5.41) is 0. The van der Waals surface area contributed by atoms with Crippen molar-refractivity contribution in [2.24, 2.45) is 0 Å². The summed E-state index contributed by atoms with van der Waals surface area (Å²) in [6.45, 7) is 5.44. The van der Waals surface area contributed by atoms with Crippen LogP contribution in [0.25, 0.3) is 0 Å². The molecular formula is C22H26F2N2O3S. The first-order valence-corrected chi connectivity index (χ1v) is 12.1. The predicted molar refractivity (Wildman–Crippen MR) is 110 cm³/mol. The average Bonchev–Trinajstić information content (AvgIpc) is 3.23. The van der Waals surface area contributed by atoms with Gasteiger partial charge in [0, 0.05) is 30.7 Å². The van der Waals surface area contributed by atoms with Gasteiger partial charge in [-0.25, -0.2) is 21.9 Å². The van der Waals surface area contributed by atoms with Crippen LogP contribution in [0, 0.1) is 17.7 Å². The highest BCUT2D eigenvalue weighted by Gasteiger charge is 2.42. The number of alkyl halides is 1. The van der Waals surface area contributed by atoms with Crippen molar-refractivity contribution < 1.29 is 21.9 Å². The van der Waals surface area contributed by atoms with E-state index in [1.165, 1.54) is 6.07 Å². The molecule has 1 aromatic rings. The van der Waals surface area contributed by atoms with E-state index in [-0.39, 0.29) is 30.2 Å². The first-order chi connectivity index (χ1) is 14.2. The Morgan fingerprint density at radius 2 is 2.13 bits per heavy atom. The molecule has 30 heavy (non-hydrogen) atoms. The second-order valence-electron chi connectivity index (χ2n) is 8.38. The number of nitrogens with one attached hydrogen (secondary N) is 1. The molecule has 1 aliphatic carbocycles. The van der Waals surface area contributed by atoms with E-state index in [2.05, 4.69) is 23.1 Å². The molecule has 3 fully saturated rings. The second kappa shape index (κ2) is 7.95. The van der Waals surface area contributed by atoms with Gasteiger partial charge in [0.25, 0.3) is 0 Å².